The van der Waals surface area contributed by atoms with Gasteiger partial charge in [-0.25, -0.2) is 9.13 Å². The summed E-state index contributed by atoms with van der Waals surface area (Å²) in [4.78, 5) is 72.3. The summed E-state index contributed by atoms with van der Waals surface area (Å²) in [5.41, 5.74) is 0. The first kappa shape index (κ1) is 85.1. The molecule has 0 aliphatic rings. The fourth-order valence-corrected chi connectivity index (χ4v) is 11.9. The second-order valence-electron chi connectivity index (χ2n) is 24.6. The molecule has 0 radical (unpaired) electrons. The second kappa shape index (κ2) is 62.8. The number of rotatable bonds is 69. The average Bonchev–Trinajstić information content (AvgIpc) is 3.70. The standard InChI is InChI=1S/C68H132O17P2/c1-5-9-13-17-21-24-27-29-31-32-34-36-39-43-47-51-55-68(73)85-64(59-79-66(71)53-49-45-41-38-35-33-30-28-25-22-18-14-10-6-2)61-83-87(76,77)81-57-62(69)56-80-86(74,75)82-60-63(58-78-65(70)52-48-44-40-20-16-12-8-4)84-67(72)54-50-46-42-37-26-23-19-15-11-7-3/h62-64,69H,5-61H2,1-4H3,(H,74,75)(H,76,77)/t62-,63+,64+/m0/s1. The summed E-state index contributed by atoms with van der Waals surface area (Å²) in [7, 11) is -9.89. The molecule has 0 fully saturated rings. The van der Waals surface area contributed by atoms with E-state index >= 15 is 0 Å². The van der Waals surface area contributed by atoms with E-state index in [0.717, 1.165) is 103 Å². The van der Waals surface area contributed by atoms with E-state index in [4.69, 9.17) is 37.0 Å². The van der Waals surface area contributed by atoms with Crippen LogP contribution >= 0.6 is 15.6 Å². The molecule has 0 aromatic carbocycles. The van der Waals surface area contributed by atoms with Gasteiger partial charge >= 0.3 is 39.5 Å². The molecule has 0 heterocycles. The fourth-order valence-electron chi connectivity index (χ4n) is 10.3. The Labute approximate surface area is 530 Å². The van der Waals surface area contributed by atoms with Gasteiger partial charge in [0.05, 0.1) is 26.4 Å². The van der Waals surface area contributed by atoms with Gasteiger partial charge in [0.2, 0.25) is 0 Å². The van der Waals surface area contributed by atoms with Crippen LogP contribution in [0.3, 0.4) is 0 Å². The zero-order valence-corrected chi connectivity index (χ0v) is 57.8. The molecule has 0 saturated carbocycles. The highest BCUT2D eigenvalue weighted by Crippen LogP contribution is 2.45. The summed E-state index contributed by atoms with van der Waals surface area (Å²) in [6, 6.07) is 0. The number of aliphatic hydroxyl groups is 1. The molecule has 0 aliphatic heterocycles. The van der Waals surface area contributed by atoms with Crippen LogP contribution < -0.4 is 0 Å². The van der Waals surface area contributed by atoms with Gasteiger partial charge in [0, 0.05) is 25.7 Å². The smallest absolute Gasteiger partial charge is 0.462 e. The van der Waals surface area contributed by atoms with Gasteiger partial charge in [-0.15, -0.1) is 0 Å². The molecule has 3 N–H and O–H groups in total. The molecule has 0 aromatic heterocycles. The molecule has 17 nitrogen and oxygen atoms in total. The van der Waals surface area contributed by atoms with Crippen LogP contribution in [0, 0.1) is 0 Å². The Hall–Kier alpha value is -1.94. The van der Waals surface area contributed by atoms with Gasteiger partial charge < -0.3 is 33.8 Å². The largest absolute Gasteiger partial charge is 0.472 e. The number of phosphoric ester groups is 2. The molecule has 19 heteroatoms. The Balaban J connectivity index is 5.19. The van der Waals surface area contributed by atoms with Crippen LogP contribution in [0.15, 0.2) is 0 Å². The highest BCUT2D eigenvalue weighted by Gasteiger charge is 2.30. The van der Waals surface area contributed by atoms with Crippen molar-refractivity contribution in [2.75, 3.05) is 39.6 Å². The third kappa shape index (κ3) is 62.6. The predicted molar refractivity (Wildman–Crippen MR) is 349 cm³/mol. The number of phosphoric acid groups is 2. The summed E-state index contributed by atoms with van der Waals surface area (Å²) in [5, 5.41) is 10.6. The Morgan fingerprint density at radius 1 is 0.276 bits per heavy atom. The third-order valence-electron chi connectivity index (χ3n) is 15.9. The summed E-state index contributed by atoms with van der Waals surface area (Å²) in [6.45, 7) is 4.89. The number of carbonyl (C=O) groups excluding carboxylic acids is 4. The van der Waals surface area contributed by atoms with E-state index < -0.39 is 97.5 Å². The third-order valence-corrected chi connectivity index (χ3v) is 17.8. The SMILES string of the molecule is CCCCCCCCCCCCCCCCCCC(=O)O[C@H](COC(=O)CCCCCCCCCCCCCCCC)COP(=O)(O)OC[C@@H](O)COP(=O)(O)OC[C@@H](COC(=O)CCCCCCCCC)OC(=O)CCCCCCCCCCCC. The van der Waals surface area contributed by atoms with Crippen molar-refractivity contribution in [1.82, 2.24) is 0 Å². The van der Waals surface area contributed by atoms with E-state index in [0.29, 0.717) is 25.7 Å². The topological polar surface area (TPSA) is 237 Å². The first-order valence-corrected chi connectivity index (χ1v) is 38.8. The molecule has 516 valence electrons. The van der Waals surface area contributed by atoms with E-state index in [9.17, 15) is 43.2 Å². The van der Waals surface area contributed by atoms with E-state index in [1.165, 1.54) is 173 Å². The first-order valence-electron chi connectivity index (χ1n) is 35.8. The van der Waals surface area contributed by atoms with Gasteiger partial charge in [-0.1, -0.05) is 304 Å². The molecule has 0 rings (SSSR count). The lowest BCUT2D eigenvalue weighted by Gasteiger charge is -2.21. The lowest BCUT2D eigenvalue weighted by Crippen LogP contribution is -2.30. The van der Waals surface area contributed by atoms with Crippen molar-refractivity contribution in [3.8, 4) is 0 Å². The average molecular weight is 1280 g/mol. The van der Waals surface area contributed by atoms with Crippen LogP contribution in [-0.4, -0.2) is 96.7 Å². The van der Waals surface area contributed by atoms with Crippen LogP contribution in [0.1, 0.15) is 355 Å². The van der Waals surface area contributed by atoms with Gasteiger partial charge in [0.15, 0.2) is 12.2 Å². The minimum Gasteiger partial charge on any atom is -0.462 e. The molecule has 0 amide bonds. The Morgan fingerprint density at radius 3 is 0.678 bits per heavy atom. The van der Waals surface area contributed by atoms with E-state index in [2.05, 4.69) is 27.7 Å². The maximum atomic E-state index is 13.0. The van der Waals surface area contributed by atoms with E-state index in [-0.39, 0.29) is 25.7 Å². The molecular weight excluding hydrogens is 1150 g/mol. The lowest BCUT2D eigenvalue weighted by atomic mass is 10.0. The zero-order valence-electron chi connectivity index (χ0n) is 56.0. The summed E-state index contributed by atoms with van der Waals surface area (Å²) in [5.74, 6) is -2.13. The summed E-state index contributed by atoms with van der Waals surface area (Å²) < 4.78 is 68.1. The van der Waals surface area contributed by atoms with Gasteiger partial charge in [-0.3, -0.25) is 37.3 Å². The molecule has 2 unspecified atom stereocenters. The summed E-state index contributed by atoms with van der Waals surface area (Å²) >= 11 is 0. The Kier molecular flexibility index (Phi) is 61.4. The number of aliphatic hydroxyl groups excluding tert-OH is 1. The lowest BCUT2D eigenvalue weighted by molar-refractivity contribution is -0.161. The van der Waals surface area contributed by atoms with Crippen molar-refractivity contribution in [1.29, 1.82) is 0 Å². The number of unbranched alkanes of at least 4 members (excludes halogenated alkanes) is 43. The molecule has 0 aliphatic carbocycles. The van der Waals surface area contributed by atoms with Gasteiger partial charge in [0.1, 0.15) is 19.3 Å². The number of esters is 4. The van der Waals surface area contributed by atoms with E-state index in [1.54, 1.807) is 0 Å². The highest BCUT2D eigenvalue weighted by molar-refractivity contribution is 7.47. The van der Waals surface area contributed by atoms with Crippen LogP contribution in [0.25, 0.3) is 0 Å². The number of hydrogen-bond donors (Lipinski definition) is 3. The molecular formula is C68H132O17P2. The van der Waals surface area contributed by atoms with Crippen molar-refractivity contribution in [3.05, 3.63) is 0 Å². The molecule has 5 atom stereocenters. The minimum absolute atomic E-state index is 0.106. The Morgan fingerprint density at radius 2 is 0.460 bits per heavy atom. The normalized spacial score (nSPS) is 14.1. The van der Waals surface area contributed by atoms with Crippen molar-refractivity contribution in [3.63, 3.8) is 0 Å². The van der Waals surface area contributed by atoms with Gasteiger partial charge in [-0.2, -0.15) is 0 Å². The fraction of sp³-hybridized carbons (Fsp3) is 0.941. The predicted octanol–water partition coefficient (Wildman–Crippen LogP) is 19.5. The first-order chi connectivity index (χ1) is 42.2. The van der Waals surface area contributed by atoms with Crippen molar-refractivity contribution in [2.24, 2.45) is 0 Å². The van der Waals surface area contributed by atoms with Gasteiger partial charge in [0.25, 0.3) is 0 Å². The Bertz CT molecular complexity index is 1670. The van der Waals surface area contributed by atoms with Crippen LogP contribution in [-0.2, 0) is 65.4 Å². The monoisotopic (exact) mass is 1280 g/mol. The van der Waals surface area contributed by atoms with Crippen LogP contribution in [0.4, 0.5) is 0 Å². The van der Waals surface area contributed by atoms with Crippen LogP contribution in [0.5, 0.6) is 0 Å². The summed E-state index contributed by atoms with van der Waals surface area (Å²) in [6.07, 6.45) is 50.0. The quantitative estimate of drug-likeness (QED) is 0.0222. The van der Waals surface area contributed by atoms with Crippen molar-refractivity contribution >= 4 is 39.5 Å². The maximum absolute atomic E-state index is 13.0. The van der Waals surface area contributed by atoms with E-state index in [1.807, 2.05) is 0 Å². The van der Waals surface area contributed by atoms with Crippen LogP contribution in [0.2, 0.25) is 0 Å². The maximum Gasteiger partial charge on any atom is 0.472 e. The molecule has 0 saturated heterocycles. The number of hydrogen-bond acceptors (Lipinski definition) is 15. The zero-order chi connectivity index (χ0) is 64.0. The van der Waals surface area contributed by atoms with Gasteiger partial charge in [-0.05, 0) is 25.7 Å². The number of ether oxygens (including phenoxy) is 4. The molecule has 0 bridgehead atoms. The minimum atomic E-state index is -4.95. The van der Waals surface area contributed by atoms with Crippen molar-refractivity contribution in [2.45, 2.75) is 373 Å². The molecule has 0 spiro atoms. The molecule has 87 heavy (non-hydrogen) atoms. The highest BCUT2D eigenvalue weighted by atomic mass is 31.2. The second-order valence-corrected chi connectivity index (χ2v) is 27.5. The van der Waals surface area contributed by atoms with Crippen molar-refractivity contribution < 1.29 is 80.2 Å². The molecule has 0 aromatic rings. The number of carbonyl (C=O) groups is 4.